The van der Waals surface area contributed by atoms with Crippen LogP contribution >= 0.6 is 0 Å². The molecule has 2 aromatic carbocycles. The molecular weight excluding hydrogens is 213 g/mol. The summed E-state index contributed by atoms with van der Waals surface area (Å²) in [4.78, 5) is 0. The Morgan fingerprint density at radius 2 is 1.71 bits per heavy atom. The first kappa shape index (κ1) is 11.6. The molecule has 2 aromatic rings. The molecule has 1 nitrogen and oxygen atoms in total. The molecule has 88 valence electrons. The molecule has 2 rings (SSSR count). The maximum atomic E-state index is 13.1. The van der Waals surface area contributed by atoms with Crippen LogP contribution in [0.2, 0.25) is 0 Å². The summed E-state index contributed by atoms with van der Waals surface area (Å²) in [6, 6.07) is 13.1. The number of benzene rings is 2. The fourth-order valence-electron chi connectivity index (χ4n) is 1.80. The first-order chi connectivity index (χ1) is 8.08. The molecule has 0 aromatic heterocycles. The van der Waals surface area contributed by atoms with Crippen LogP contribution in [0.4, 0.5) is 10.1 Å². The van der Waals surface area contributed by atoms with Crippen LogP contribution in [0, 0.1) is 5.82 Å². The number of nitrogen functional groups attached to an aromatic ring is 1. The van der Waals surface area contributed by atoms with Crippen molar-refractivity contribution in [2.24, 2.45) is 0 Å². The van der Waals surface area contributed by atoms with Gasteiger partial charge in [0.2, 0.25) is 0 Å². The third kappa shape index (κ3) is 2.47. The minimum Gasteiger partial charge on any atom is -0.396 e. The van der Waals surface area contributed by atoms with Gasteiger partial charge in [0, 0.05) is 0 Å². The van der Waals surface area contributed by atoms with E-state index < -0.39 is 0 Å². The summed E-state index contributed by atoms with van der Waals surface area (Å²) in [6.45, 7) is 4.30. The largest absolute Gasteiger partial charge is 0.396 e. The number of hydrogen-bond acceptors (Lipinski definition) is 1. The van der Waals surface area contributed by atoms with E-state index in [9.17, 15) is 4.39 Å². The van der Waals surface area contributed by atoms with Crippen LogP contribution < -0.4 is 5.73 Å². The lowest BCUT2D eigenvalue weighted by molar-refractivity contribution is 0.632. The van der Waals surface area contributed by atoms with Crippen LogP contribution in [0.3, 0.4) is 0 Å². The van der Waals surface area contributed by atoms with E-state index in [0.29, 0.717) is 5.92 Å². The quantitative estimate of drug-likeness (QED) is 0.767. The van der Waals surface area contributed by atoms with Gasteiger partial charge < -0.3 is 5.73 Å². The Morgan fingerprint density at radius 1 is 1.00 bits per heavy atom. The molecule has 0 aliphatic heterocycles. The van der Waals surface area contributed by atoms with E-state index >= 15 is 0 Å². The van der Waals surface area contributed by atoms with Crippen molar-refractivity contribution in [2.45, 2.75) is 19.8 Å². The lowest BCUT2D eigenvalue weighted by atomic mass is 9.97. The first-order valence-electron chi connectivity index (χ1n) is 5.73. The molecule has 0 unspecified atom stereocenters. The second-order valence-electron chi connectivity index (χ2n) is 4.52. The van der Waals surface area contributed by atoms with E-state index in [4.69, 9.17) is 5.73 Å². The van der Waals surface area contributed by atoms with Crippen molar-refractivity contribution in [1.29, 1.82) is 0 Å². The molecule has 0 heterocycles. The third-order valence-corrected chi connectivity index (χ3v) is 2.88. The second-order valence-corrected chi connectivity index (χ2v) is 4.52. The molecule has 2 heteroatoms. The summed E-state index contributed by atoms with van der Waals surface area (Å²) in [6.07, 6.45) is 0. The lowest BCUT2D eigenvalue weighted by Crippen LogP contribution is -1.92. The topological polar surface area (TPSA) is 26.0 Å². The number of nitrogens with two attached hydrogens (primary N) is 1. The zero-order valence-electron chi connectivity index (χ0n) is 10.1. The van der Waals surface area contributed by atoms with E-state index in [-0.39, 0.29) is 11.5 Å². The Morgan fingerprint density at radius 3 is 2.35 bits per heavy atom. The van der Waals surface area contributed by atoms with Crippen LogP contribution in [0.5, 0.6) is 0 Å². The van der Waals surface area contributed by atoms with E-state index in [2.05, 4.69) is 26.0 Å². The van der Waals surface area contributed by atoms with Gasteiger partial charge in [0.05, 0.1) is 5.69 Å². The van der Waals surface area contributed by atoms with Gasteiger partial charge in [0.1, 0.15) is 5.82 Å². The first-order valence-corrected chi connectivity index (χ1v) is 5.73. The molecule has 0 aliphatic carbocycles. The predicted octanol–water partition coefficient (Wildman–Crippen LogP) is 4.20. The number of rotatable bonds is 2. The Hall–Kier alpha value is -1.83. The Kier molecular flexibility index (Phi) is 3.14. The molecular formula is C15H16FN. The van der Waals surface area contributed by atoms with Crippen molar-refractivity contribution in [3.63, 3.8) is 0 Å². The summed E-state index contributed by atoms with van der Waals surface area (Å²) < 4.78 is 13.1. The van der Waals surface area contributed by atoms with E-state index in [1.807, 2.05) is 12.1 Å². The molecule has 0 aliphatic rings. The van der Waals surface area contributed by atoms with Crippen molar-refractivity contribution in [2.75, 3.05) is 5.73 Å². The zero-order valence-corrected chi connectivity index (χ0v) is 10.1. The number of halogens is 1. The van der Waals surface area contributed by atoms with Crippen molar-refractivity contribution in [3.05, 3.63) is 53.8 Å². The summed E-state index contributed by atoms with van der Waals surface area (Å²) >= 11 is 0. The molecule has 0 saturated carbocycles. The van der Waals surface area contributed by atoms with Crippen LogP contribution in [-0.2, 0) is 0 Å². The molecule has 0 atom stereocenters. The van der Waals surface area contributed by atoms with Gasteiger partial charge in [-0.25, -0.2) is 4.39 Å². The highest BCUT2D eigenvalue weighted by Gasteiger charge is 2.04. The molecule has 17 heavy (non-hydrogen) atoms. The maximum Gasteiger partial charge on any atom is 0.146 e. The Balaban J connectivity index is 2.45. The third-order valence-electron chi connectivity index (χ3n) is 2.88. The van der Waals surface area contributed by atoms with Gasteiger partial charge in [0.15, 0.2) is 0 Å². The van der Waals surface area contributed by atoms with Gasteiger partial charge in [-0.05, 0) is 34.7 Å². The van der Waals surface area contributed by atoms with Crippen LogP contribution in [0.1, 0.15) is 25.3 Å². The summed E-state index contributed by atoms with van der Waals surface area (Å²) in [5.74, 6) is 0.113. The molecule has 0 fully saturated rings. The average Bonchev–Trinajstić information content (AvgIpc) is 2.33. The maximum absolute atomic E-state index is 13.1. The van der Waals surface area contributed by atoms with Gasteiger partial charge in [-0.15, -0.1) is 0 Å². The fraction of sp³-hybridized carbons (Fsp3) is 0.200. The van der Waals surface area contributed by atoms with Gasteiger partial charge in [-0.2, -0.15) is 0 Å². The predicted molar refractivity (Wildman–Crippen MR) is 70.3 cm³/mol. The molecule has 0 radical (unpaired) electrons. The monoisotopic (exact) mass is 229 g/mol. The summed E-state index contributed by atoms with van der Waals surface area (Å²) in [5.41, 5.74) is 9.06. The smallest absolute Gasteiger partial charge is 0.146 e. The second kappa shape index (κ2) is 4.58. The molecule has 0 bridgehead atoms. The minimum absolute atomic E-state index is 0.192. The summed E-state index contributed by atoms with van der Waals surface area (Å²) in [5, 5.41) is 0. The minimum atomic E-state index is -0.367. The lowest BCUT2D eigenvalue weighted by Gasteiger charge is -2.09. The highest BCUT2D eigenvalue weighted by Crippen LogP contribution is 2.26. The van der Waals surface area contributed by atoms with Gasteiger partial charge in [0.25, 0.3) is 0 Å². The van der Waals surface area contributed by atoms with Gasteiger partial charge in [-0.3, -0.25) is 0 Å². The Labute approximate surface area is 101 Å². The molecule has 0 amide bonds. The van der Waals surface area contributed by atoms with Crippen molar-refractivity contribution in [3.8, 4) is 11.1 Å². The van der Waals surface area contributed by atoms with E-state index in [1.54, 1.807) is 12.1 Å². The average molecular weight is 229 g/mol. The van der Waals surface area contributed by atoms with Crippen molar-refractivity contribution < 1.29 is 4.39 Å². The SMILES string of the molecule is CC(C)c1cccc(-c2ccc(F)c(N)c2)c1. The van der Waals surface area contributed by atoms with Gasteiger partial charge in [-0.1, -0.05) is 44.2 Å². The van der Waals surface area contributed by atoms with E-state index in [1.165, 1.54) is 11.6 Å². The zero-order chi connectivity index (χ0) is 12.4. The highest BCUT2D eigenvalue weighted by atomic mass is 19.1. The molecule has 0 spiro atoms. The highest BCUT2D eigenvalue weighted by molar-refractivity contribution is 5.68. The standard InChI is InChI=1S/C15H16FN/c1-10(2)11-4-3-5-12(8-11)13-6-7-14(16)15(17)9-13/h3-10H,17H2,1-2H3. The Bertz CT molecular complexity index is 532. The number of hydrogen-bond donors (Lipinski definition) is 1. The van der Waals surface area contributed by atoms with Crippen molar-refractivity contribution >= 4 is 5.69 Å². The van der Waals surface area contributed by atoms with Gasteiger partial charge >= 0.3 is 0 Å². The molecule has 0 saturated heterocycles. The van der Waals surface area contributed by atoms with Crippen molar-refractivity contribution in [1.82, 2.24) is 0 Å². The molecule has 2 N–H and O–H groups in total. The normalized spacial score (nSPS) is 10.8. The summed E-state index contributed by atoms with van der Waals surface area (Å²) in [7, 11) is 0. The van der Waals surface area contributed by atoms with Crippen LogP contribution in [-0.4, -0.2) is 0 Å². The van der Waals surface area contributed by atoms with E-state index in [0.717, 1.165) is 11.1 Å². The van der Waals surface area contributed by atoms with Crippen LogP contribution in [0.15, 0.2) is 42.5 Å². The fourth-order valence-corrected chi connectivity index (χ4v) is 1.80. The number of anilines is 1. The van der Waals surface area contributed by atoms with Crippen LogP contribution in [0.25, 0.3) is 11.1 Å².